The Morgan fingerprint density at radius 3 is 2.60 bits per heavy atom. The summed E-state index contributed by atoms with van der Waals surface area (Å²) in [5.41, 5.74) is 0.842. The molecular weight excluding hydrogens is 149 g/mol. The van der Waals surface area contributed by atoms with Gasteiger partial charge in [0.05, 0.1) is 5.02 Å². The van der Waals surface area contributed by atoms with Crippen LogP contribution in [-0.4, -0.2) is 7.85 Å². The van der Waals surface area contributed by atoms with Gasteiger partial charge in [-0.05, 0) is 18.6 Å². The molecular formula is C7H5BClF. The first kappa shape index (κ1) is 7.61. The van der Waals surface area contributed by atoms with Crippen molar-refractivity contribution in [2.75, 3.05) is 0 Å². The summed E-state index contributed by atoms with van der Waals surface area (Å²) in [7, 11) is 5.39. The van der Waals surface area contributed by atoms with Crippen molar-refractivity contribution in [1.82, 2.24) is 0 Å². The lowest BCUT2D eigenvalue weighted by Gasteiger charge is -2.01. The second-order valence-corrected chi connectivity index (χ2v) is 2.48. The lowest BCUT2D eigenvalue weighted by Crippen LogP contribution is -2.08. The van der Waals surface area contributed by atoms with Gasteiger partial charge in [0.15, 0.2) is 0 Å². The van der Waals surface area contributed by atoms with Gasteiger partial charge in [0, 0.05) is 0 Å². The van der Waals surface area contributed by atoms with Crippen molar-refractivity contribution in [2.24, 2.45) is 0 Å². The van der Waals surface area contributed by atoms with E-state index in [4.69, 9.17) is 19.4 Å². The molecule has 1 rings (SSSR count). The van der Waals surface area contributed by atoms with Gasteiger partial charge in [-0.1, -0.05) is 23.1 Å². The molecule has 0 aliphatic carbocycles. The quantitative estimate of drug-likeness (QED) is 0.498. The zero-order valence-corrected chi connectivity index (χ0v) is 6.24. The average molecular weight is 154 g/mol. The first-order valence-electron chi connectivity index (χ1n) is 2.83. The Hall–Kier alpha value is -0.495. The first-order valence-corrected chi connectivity index (χ1v) is 3.21. The third-order valence-electron chi connectivity index (χ3n) is 1.38. The van der Waals surface area contributed by atoms with Gasteiger partial charge < -0.3 is 0 Å². The van der Waals surface area contributed by atoms with E-state index >= 15 is 0 Å². The molecule has 0 amide bonds. The number of hydrogen-bond acceptors (Lipinski definition) is 0. The molecule has 0 aromatic heterocycles. The number of hydrogen-bond donors (Lipinski definition) is 0. The van der Waals surface area contributed by atoms with E-state index in [-0.39, 0.29) is 5.02 Å². The topological polar surface area (TPSA) is 0 Å². The molecule has 0 fully saturated rings. The van der Waals surface area contributed by atoms with Gasteiger partial charge in [0.1, 0.15) is 13.7 Å². The minimum atomic E-state index is -0.429. The molecule has 1 aromatic rings. The van der Waals surface area contributed by atoms with Crippen LogP contribution in [0.1, 0.15) is 5.56 Å². The van der Waals surface area contributed by atoms with E-state index in [1.807, 2.05) is 0 Å². The molecule has 50 valence electrons. The SMILES string of the molecule is [B]c1ccc(Cl)c(F)c1C. The number of rotatable bonds is 0. The summed E-state index contributed by atoms with van der Waals surface area (Å²) < 4.78 is 12.8. The summed E-state index contributed by atoms with van der Waals surface area (Å²) in [6, 6.07) is 3.03. The van der Waals surface area contributed by atoms with Crippen molar-refractivity contribution >= 4 is 24.9 Å². The standard InChI is InChI=1S/C7H5BClF/c1-4-5(8)2-3-6(9)7(4)10/h2-3H,1H3. The fourth-order valence-electron chi connectivity index (χ4n) is 0.667. The smallest absolute Gasteiger partial charge is 0.144 e. The summed E-state index contributed by atoms with van der Waals surface area (Å²) in [4.78, 5) is 0. The summed E-state index contributed by atoms with van der Waals surface area (Å²) in [6.07, 6.45) is 0. The normalized spacial score (nSPS) is 9.90. The van der Waals surface area contributed by atoms with Crippen LogP contribution in [0.3, 0.4) is 0 Å². The van der Waals surface area contributed by atoms with Crippen LogP contribution in [-0.2, 0) is 0 Å². The van der Waals surface area contributed by atoms with Gasteiger partial charge >= 0.3 is 0 Å². The van der Waals surface area contributed by atoms with Crippen molar-refractivity contribution in [3.05, 3.63) is 28.5 Å². The van der Waals surface area contributed by atoms with Crippen molar-refractivity contribution in [1.29, 1.82) is 0 Å². The first-order chi connectivity index (χ1) is 4.63. The molecule has 0 unspecified atom stereocenters. The van der Waals surface area contributed by atoms with E-state index in [0.29, 0.717) is 11.0 Å². The molecule has 0 saturated carbocycles. The fourth-order valence-corrected chi connectivity index (χ4v) is 0.872. The van der Waals surface area contributed by atoms with Crippen molar-refractivity contribution in [3.8, 4) is 0 Å². The van der Waals surface area contributed by atoms with Crippen molar-refractivity contribution in [2.45, 2.75) is 6.92 Å². The van der Waals surface area contributed by atoms with Gasteiger partial charge in [0.25, 0.3) is 0 Å². The van der Waals surface area contributed by atoms with Crippen LogP contribution >= 0.6 is 11.6 Å². The maximum absolute atomic E-state index is 12.8. The van der Waals surface area contributed by atoms with E-state index in [1.165, 1.54) is 6.07 Å². The second kappa shape index (κ2) is 2.63. The van der Waals surface area contributed by atoms with Crippen molar-refractivity contribution in [3.63, 3.8) is 0 Å². The summed E-state index contributed by atoms with van der Waals surface area (Å²) in [5.74, 6) is -0.429. The molecule has 0 aliphatic heterocycles. The molecule has 0 aliphatic rings. The van der Waals surface area contributed by atoms with Gasteiger partial charge in [0.2, 0.25) is 0 Å². The third-order valence-corrected chi connectivity index (χ3v) is 1.67. The zero-order chi connectivity index (χ0) is 7.72. The van der Waals surface area contributed by atoms with Crippen LogP contribution in [0.5, 0.6) is 0 Å². The molecule has 0 bridgehead atoms. The van der Waals surface area contributed by atoms with Gasteiger partial charge in [-0.15, -0.1) is 0 Å². The number of halogens is 2. The predicted octanol–water partition coefficient (Wildman–Crippen LogP) is 1.58. The minimum Gasteiger partial charge on any atom is -0.205 e. The van der Waals surface area contributed by atoms with E-state index in [1.54, 1.807) is 13.0 Å². The molecule has 0 saturated heterocycles. The number of benzene rings is 1. The Labute approximate surface area is 65.4 Å². The van der Waals surface area contributed by atoms with E-state index in [0.717, 1.165) is 0 Å². The van der Waals surface area contributed by atoms with E-state index in [2.05, 4.69) is 0 Å². The van der Waals surface area contributed by atoms with Crippen LogP contribution in [0.25, 0.3) is 0 Å². The highest BCUT2D eigenvalue weighted by Crippen LogP contribution is 2.14. The van der Waals surface area contributed by atoms with Crippen LogP contribution in [0.2, 0.25) is 5.02 Å². The van der Waals surface area contributed by atoms with Crippen LogP contribution < -0.4 is 5.46 Å². The highest BCUT2D eigenvalue weighted by Gasteiger charge is 2.03. The summed E-state index contributed by atoms with van der Waals surface area (Å²) in [5, 5.41) is 0.117. The highest BCUT2D eigenvalue weighted by atomic mass is 35.5. The fraction of sp³-hybridized carbons (Fsp3) is 0.143. The Morgan fingerprint density at radius 1 is 1.50 bits per heavy atom. The van der Waals surface area contributed by atoms with E-state index < -0.39 is 5.82 Å². The average Bonchev–Trinajstić information content (AvgIpc) is 1.93. The van der Waals surface area contributed by atoms with Gasteiger partial charge in [-0.3, -0.25) is 0 Å². The third kappa shape index (κ3) is 1.17. The van der Waals surface area contributed by atoms with Gasteiger partial charge in [-0.25, -0.2) is 4.39 Å². The molecule has 0 spiro atoms. The molecule has 2 radical (unpaired) electrons. The minimum absolute atomic E-state index is 0.117. The summed E-state index contributed by atoms with van der Waals surface area (Å²) in [6.45, 7) is 1.59. The maximum Gasteiger partial charge on any atom is 0.144 e. The zero-order valence-electron chi connectivity index (χ0n) is 5.49. The second-order valence-electron chi connectivity index (χ2n) is 2.08. The predicted molar refractivity (Wildman–Crippen MR) is 41.5 cm³/mol. The molecule has 0 nitrogen and oxygen atoms in total. The molecule has 3 heteroatoms. The highest BCUT2D eigenvalue weighted by molar-refractivity contribution is 6.35. The Morgan fingerprint density at radius 2 is 2.10 bits per heavy atom. The Bertz CT molecular complexity index is 233. The molecule has 1 aromatic carbocycles. The van der Waals surface area contributed by atoms with E-state index in [9.17, 15) is 4.39 Å². The Balaban J connectivity index is 3.34. The largest absolute Gasteiger partial charge is 0.205 e. The van der Waals surface area contributed by atoms with Crippen LogP contribution in [0.15, 0.2) is 12.1 Å². The molecule has 10 heavy (non-hydrogen) atoms. The lowest BCUT2D eigenvalue weighted by molar-refractivity contribution is 0.620. The van der Waals surface area contributed by atoms with Gasteiger partial charge in [-0.2, -0.15) is 0 Å². The molecule has 0 atom stereocenters. The maximum atomic E-state index is 12.8. The molecule has 0 N–H and O–H groups in total. The summed E-state index contributed by atoms with van der Waals surface area (Å²) >= 11 is 5.46. The lowest BCUT2D eigenvalue weighted by atomic mass is 9.91. The Kier molecular flexibility index (Phi) is 2.00. The van der Waals surface area contributed by atoms with Crippen LogP contribution in [0.4, 0.5) is 4.39 Å². The molecule has 0 heterocycles. The van der Waals surface area contributed by atoms with Crippen molar-refractivity contribution < 1.29 is 4.39 Å². The van der Waals surface area contributed by atoms with Crippen LogP contribution in [0, 0.1) is 12.7 Å². The monoisotopic (exact) mass is 154 g/mol.